The third kappa shape index (κ3) is 6.13. The topological polar surface area (TPSA) is 67.9 Å². The highest BCUT2D eigenvalue weighted by atomic mass is 16.6. The molecule has 0 amide bonds. The molecule has 4 rings (SSSR count). The minimum atomic E-state index is -0.527. The monoisotopic (exact) mass is 502 g/mol. The molecule has 0 saturated carbocycles. The first-order chi connectivity index (χ1) is 17.9. The van der Waals surface area contributed by atoms with Crippen LogP contribution in [-0.4, -0.2) is 49.2 Å². The van der Waals surface area contributed by atoms with Gasteiger partial charge in [0.1, 0.15) is 5.60 Å². The SMILES string of the molecule is CC[C@@]1(OC(=O)C2=C(C)NC(C)=C(C(=O)OC)C2)CCN(CCC(c2ccccc2)c2ccccc2)C1. The van der Waals surface area contributed by atoms with Gasteiger partial charge in [0.15, 0.2) is 0 Å². The molecule has 6 nitrogen and oxygen atoms in total. The average Bonchev–Trinajstić information content (AvgIpc) is 3.32. The van der Waals surface area contributed by atoms with Gasteiger partial charge in [0.05, 0.1) is 18.3 Å². The summed E-state index contributed by atoms with van der Waals surface area (Å²) in [7, 11) is 1.35. The Bertz CT molecular complexity index is 1130. The lowest BCUT2D eigenvalue weighted by atomic mass is 9.88. The first-order valence-electron chi connectivity index (χ1n) is 13.2. The molecule has 0 unspecified atom stereocenters. The Kier molecular flexibility index (Phi) is 8.49. The number of nitrogens with zero attached hydrogens (tertiary/aromatic N) is 1. The van der Waals surface area contributed by atoms with E-state index in [1.165, 1.54) is 18.2 Å². The van der Waals surface area contributed by atoms with Crippen LogP contribution in [0.2, 0.25) is 0 Å². The summed E-state index contributed by atoms with van der Waals surface area (Å²) in [5.74, 6) is -0.463. The molecule has 1 atom stereocenters. The van der Waals surface area contributed by atoms with Crippen LogP contribution in [0, 0.1) is 0 Å². The van der Waals surface area contributed by atoms with E-state index in [1.54, 1.807) is 0 Å². The number of carbonyl (C=O) groups excluding carboxylic acids is 2. The normalized spacial score (nSPS) is 20.2. The second-order valence-corrected chi connectivity index (χ2v) is 10.1. The summed E-state index contributed by atoms with van der Waals surface area (Å²) in [5, 5.41) is 3.15. The molecule has 1 saturated heterocycles. The fraction of sp³-hybridized carbons (Fsp3) is 0.419. The van der Waals surface area contributed by atoms with E-state index in [0.717, 1.165) is 38.0 Å². The van der Waals surface area contributed by atoms with Gasteiger partial charge in [0.25, 0.3) is 0 Å². The van der Waals surface area contributed by atoms with E-state index in [9.17, 15) is 9.59 Å². The molecule has 37 heavy (non-hydrogen) atoms. The van der Waals surface area contributed by atoms with Crippen LogP contribution in [0.1, 0.15) is 63.5 Å². The Labute approximate surface area is 220 Å². The van der Waals surface area contributed by atoms with E-state index in [-0.39, 0.29) is 12.4 Å². The first kappa shape index (κ1) is 26.7. The average molecular weight is 503 g/mol. The van der Waals surface area contributed by atoms with Gasteiger partial charge in [0, 0.05) is 43.2 Å². The van der Waals surface area contributed by atoms with Gasteiger partial charge < -0.3 is 14.8 Å². The van der Waals surface area contributed by atoms with Gasteiger partial charge in [-0.2, -0.15) is 0 Å². The molecule has 2 heterocycles. The molecule has 0 radical (unpaired) electrons. The third-order valence-corrected chi connectivity index (χ3v) is 7.80. The molecule has 6 heteroatoms. The van der Waals surface area contributed by atoms with Gasteiger partial charge in [-0.25, -0.2) is 9.59 Å². The second-order valence-electron chi connectivity index (χ2n) is 10.1. The molecule has 1 N–H and O–H groups in total. The van der Waals surface area contributed by atoms with Crippen LogP contribution in [0.25, 0.3) is 0 Å². The van der Waals surface area contributed by atoms with Crippen LogP contribution in [-0.2, 0) is 19.1 Å². The zero-order valence-corrected chi connectivity index (χ0v) is 22.4. The minimum Gasteiger partial charge on any atom is -0.466 e. The number of carbonyl (C=O) groups is 2. The first-order valence-corrected chi connectivity index (χ1v) is 13.2. The standard InChI is InChI=1S/C31H38N2O4/c1-5-31(37-30(35)28-20-27(29(34)36-4)22(2)32-23(28)3)17-19-33(21-31)18-16-26(24-12-8-6-9-13-24)25-14-10-7-11-15-25/h6-15,26,32H,5,16-21H2,1-4H3/t31-/m1/s1. The van der Waals surface area contributed by atoms with E-state index < -0.39 is 11.6 Å². The highest BCUT2D eigenvalue weighted by molar-refractivity contribution is 5.96. The van der Waals surface area contributed by atoms with Gasteiger partial charge in [-0.15, -0.1) is 0 Å². The summed E-state index contributed by atoms with van der Waals surface area (Å²) in [4.78, 5) is 27.9. The van der Waals surface area contributed by atoms with Crippen LogP contribution in [0.3, 0.4) is 0 Å². The number of esters is 2. The number of ether oxygens (including phenoxy) is 2. The van der Waals surface area contributed by atoms with Crippen molar-refractivity contribution < 1.29 is 19.1 Å². The summed E-state index contributed by atoms with van der Waals surface area (Å²) in [6, 6.07) is 21.3. The van der Waals surface area contributed by atoms with Crippen molar-refractivity contribution in [2.45, 2.75) is 58.0 Å². The van der Waals surface area contributed by atoms with E-state index in [1.807, 2.05) is 13.8 Å². The summed E-state index contributed by atoms with van der Waals surface area (Å²) in [6.45, 7) is 8.27. The molecule has 0 aliphatic carbocycles. The smallest absolute Gasteiger partial charge is 0.336 e. The lowest BCUT2D eigenvalue weighted by Crippen LogP contribution is -2.39. The van der Waals surface area contributed by atoms with Gasteiger partial charge in [-0.3, -0.25) is 4.90 Å². The zero-order valence-electron chi connectivity index (χ0n) is 22.4. The van der Waals surface area contributed by atoms with Crippen molar-refractivity contribution in [3.8, 4) is 0 Å². The maximum atomic E-state index is 13.3. The van der Waals surface area contributed by atoms with Crippen LogP contribution >= 0.6 is 0 Å². The fourth-order valence-electron chi connectivity index (χ4n) is 5.48. The van der Waals surface area contributed by atoms with E-state index in [2.05, 4.69) is 77.8 Å². The number of likely N-dealkylation sites (tertiary alicyclic amines) is 1. The van der Waals surface area contributed by atoms with Gasteiger partial charge in [0.2, 0.25) is 0 Å². The van der Waals surface area contributed by atoms with E-state index >= 15 is 0 Å². The molecule has 2 aromatic carbocycles. The van der Waals surface area contributed by atoms with E-state index in [0.29, 0.717) is 29.3 Å². The molecule has 2 aromatic rings. The number of dihydropyridines is 1. The molecule has 2 aliphatic heterocycles. The van der Waals surface area contributed by atoms with Gasteiger partial charge in [-0.05, 0) is 44.4 Å². The predicted molar refractivity (Wildman–Crippen MR) is 145 cm³/mol. The maximum Gasteiger partial charge on any atom is 0.336 e. The van der Waals surface area contributed by atoms with Crippen molar-refractivity contribution in [3.63, 3.8) is 0 Å². The lowest BCUT2D eigenvalue weighted by Gasteiger charge is -2.31. The van der Waals surface area contributed by atoms with Gasteiger partial charge >= 0.3 is 11.9 Å². The highest BCUT2D eigenvalue weighted by Gasteiger charge is 2.41. The molecule has 0 spiro atoms. The summed E-state index contributed by atoms with van der Waals surface area (Å²) >= 11 is 0. The Morgan fingerprint density at radius 2 is 1.51 bits per heavy atom. The number of hydrogen-bond acceptors (Lipinski definition) is 6. The summed E-state index contributed by atoms with van der Waals surface area (Å²) < 4.78 is 11.1. The van der Waals surface area contributed by atoms with Crippen molar-refractivity contribution in [3.05, 3.63) is 94.3 Å². The fourth-order valence-corrected chi connectivity index (χ4v) is 5.48. The van der Waals surface area contributed by atoms with E-state index in [4.69, 9.17) is 9.47 Å². The van der Waals surface area contributed by atoms with Gasteiger partial charge in [-0.1, -0.05) is 67.6 Å². The molecular weight excluding hydrogens is 464 g/mol. The third-order valence-electron chi connectivity index (χ3n) is 7.80. The van der Waals surface area contributed by atoms with Crippen LogP contribution < -0.4 is 5.32 Å². The Morgan fingerprint density at radius 3 is 2.05 bits per heavy atom. The van der Waals surface area contributed by atoms with Crippen LogP contribution in [0.5, 0.6) is 0 Å². The predicted octanol–water partition coefficient (Wildman–Crippen LogP) is 5.32. The number of nitrogens with one attached hydrogen (secondary N) is 1. The number of allylic oxidation sites excluding steroid dienone is 2. The molecule has 0 aromatic heterocycles. The molecule has 2 aliphatic rings. The van der Waals surface area contributed by atoms with Crippen molar-refractivity contribution in [2.75, 3.05) is 26.7 Å². The number of rotatable bonds is 9. The Balaban J connectivity index is 1.42. The second kappa shape index (κ2) is 11.8. The van der Waals surface area contributed by atoms with Crippen molar-refractivity contribution in [2.24, 2.45) is 0 Å². The zero-order chi connectivity index (χ0) is 26.4. The molecule has 196 valence electrons. The number of benzene rings is 2. The quantitative estimate of drug-likeness (QED) is 0.468. The molecular formula is C31H38N2O4. The lowest BCUT2D eigenvalue weighted by molar-refractivity contribution is -0.154. The largest absolute Gasteiger partial charge is 0.466 e. The van der Waals surface area contributed by atoms with Crippen molar-refractivity contribution >= 4 is 11.9 Å². The Morgan fingerprint density at radius 1 is 0.946 bits per heavy atom. The summed E-state index contributed by atoms with van der Waals surface area (Å²) in [5.41, 5.74) is 4.50. The molecule has 1 fully saturated rings. The highest BCUT2D eigenvalue weighted by Crippen LogP contribution is 2.34. The number of methoxy groups -OCH3 is 1. The van der Waals surface area contributed by atoms with Crippen LogP contribution in [0.15, 0.2) is 83.2 Å². The summed E-state index contributed by atoms with van der Waals surface area (Å²) in [6.07, 6.45) is 2.75. The van der Waals surface area contributed by atoms with Crippen LogP contribution in [0.4, 0.5) is 0 Å². The minimum absolute atomic E-state index is 0.218. The Hall–Kier alpha value is -3.38. The van der Waals surface area contributed by atoms with Crippen molar-refractivity contribution in [1.29, 1.82) is 0 Å². The molecule has 0 bridgehead atoms. The van der Waals surface area contributed by atoms with Crippen molar-refractivity contribution in [1.82, 2.24) is 10.2 Å². The maximum absolute atomic E-state index is 13.3. The number of hydrogen-bond donors (Lipinski definition) is 1.